The van der Waals surface area contributed by atoms with Gasteiger partial charge in [-0.25, -0.2) is 5.43 Å². The van der Waals surface area contributed by atoms with E-state index >= 15 is 0 Å². The number of carbonyl (C=O) groups is 2. The Morgan fingerprint density at radius 3 is 2.93 bits per heavy atom. The zero-order chi connectivity index (χ0) is 10.6. The molecule has 0 aromatic heterocycles. The maximum atomic E-state index is 11.4. The normalized spacial score (nSPS) is 17.8. The molecule has 1 aliphatic rings. The van der Waals surface area contributed by atoms with Crippen molar-refractivity contribution in [3.63, 3.8) is 0 Å². The Kier molecular flexibility index (Phi) is 3.39. The van der Waals surface area contributed by atoms with Crippen molar-refractivity contribution in [2.24, 2.45) is 5.10 Å². The highest BCUT2D eigenvalue weighted by Crippen LogP contribution is 1.99. The molecule has 2 amide bonds. The van der Waals surface area contributed by atoms with Crippen molar-refractivity contribution >= 4 is 17.5 Å². The molecule has 1 aliphatic heterocycles. The van der Waals surface area contributed by atoms with Gasteiger partial charge in [0.25, 0.3) is 5.91 Å². The van der Waals surface area contributed by atoms with Gasteiger partial charge in [-0.2, -0.15) is 5.10 Å². The Hall–Kier alpha value is -1.65. The molecule has 76 valence electrons. The SMILES string of the molecule is C=CC(C)NC(=O)C1=NNC(=O)CC1. The quantitative estimate of drug-likeness (QED) is 0.619. The summed E-state index contributed by atoms with van der Waals surface area (Å²) < 4.78 is 0. The smallest absolute Gasteiger partial charge is 0.267 e. The lowest BCUT2D eigenvalue weighted by Gasteiger charge is -2.13. The van der Waals surface area contributed by atoms with E-state index in [2.05, 4.69) is 22.4 Å². The van der Waals surface area contributed by atoms with Gasteiger partial charge in [-0.05, 0) is 6.92 Å². The van der Waals surface area contributed by atoms with E-state index in [-0.39, 0.29) is 17.9 Å². The molecule has 1 atom stereocenters. The number of hydrogen-bond acceptors (Lipinski definition) is 3. The first-order valence-corrected chi connectivity index (χ1v) is 4.42. The molecular formula is C9H13N3O2. The van der Waals surface area contributed by atoms with Crippen molar-refractivity contribution in [1.29, 1.82) is 0 Å². The van der Waals surface area contributed by atoms with Gasteiger partial charge in [0.2, 0.25) is 5.91 Å². The Labute approximate surface area is 82.3 Å². The Bertz CT molecular complexity index is 296. The second kappa shape index (κ2) is 4.55. The van der Waals surface area contributed by atoms with Crippen LogP contribution in [0.1, 0.15) is 19.8 Å². The summed E-state index contributed by atoms with van der Waals surface area (Å²) in [5, 5.41) is 6.34. The summed E-state index contributed by atoms with van der Waals surface area (Å²) in [6, 6.07) is -0.0946. The van der Waals surface area contributed by atoms with Crippen LogP contribution in [0.15, 0.2) is 17.8 Å². The van der Waals surface area contributed by atoms with E-state index < -0.39 is 0 Å². The van der Waals surface area contributed by atoms with Gasteiger partial charge < -0.3 is 5.32 Å². The number of carbonyl (C=O) groups excluding carboxylic acids is 2. The number of hydrogen-bond donors (Lipinski definition) is 2. The molecular weight excluding hydrogens is 182 g/mol. The fourth-order valence-corrected chi connectivity index (χ4v) is 0.987. The van der Waals surface area contributed by atoms with Crippen molar-refractivity contribution in [3.05, 3.63) is 12.7 Å². The van der Waals surface area contributed by atoms with Gasteiger partial charge in [-0.15, -0.1) is 6.58 Å². The zero-order valence-electron chi connectivity index (χ0n) is 8.04. The van der Waals surface area contributed by atoms with Crippen molar-refractivity contribution in [1.82, 2.24) is 10.7 Å². The number of rotatable bonds is 3. The first-order chi connectivity index (χ1) is 6.63. The third-order valence-corrected chi connectivity index (χ3v) is 1.88. The van der Waals surface area contributed by atoms with Crippen molar-refractivity contribution in [3.8, 4) is 0 Å². The van der Waals surface area contributed by atoms with Crippen LogP contribution in [0.2, 0.25) is 0 Å². The van der Waals surface area contributed by atoms with Crippen LogP contribution in [-0.4, -0.2) is 23.6 Å². The molecule has 5 heteroatoms. The number of nitrogens with zero attached hydrogens (tertiary/aromatic N) is 1. The standard InChI is InChI=1S/C9H13N3O2/c1-3-6(2)10-9(14)7-4-5-8(13)12-11-7/h3,6H,1,4-5H2,2H3,(H,10,14)(H,12,13). The van der Waals surface area contributed by atoms with Crippen LogP contribution in [-0.2, 0) is 9.59 Å². The fourth-order valence-electron chi connectivity index (χ4n) is 0.987. The summed E-state index contributed by atoms with van der Waals surface area (Å²) >= 11 is 0. The minimum atomic E-state index is -0.252. The maximum Gasteiger partial charge on any atom is 0.267 e. The number of amides is 2. The maximum absolute atomic E-state index is 11.4. The van der Waals surface area contributed by atoms with Gasteiger partial charge >= 0.3 is 0 Å². The lowest BCUT2D eigenvalue weighted by atomic mass is 10.1. The van der Waals surface area contributed by atoms with E-state index in [1.54, 1.807) is 6.08 Å². The van der Waals surface area contributed by atoms with Crippen molar-refractivity contribution in [2.45, 2.75) is 25.8 Å². The lowest BCUT2D eigenvalue weighted by molar-refractivity contribution is -0.121. The molecule has 0 radical (unpaired) electrons. The van der Waals surface area contributed by atoms with Crippen molar-refractivity contribution < 1.29 is 9.59 Å². The van der Waals surface area contributed by atoms with Crippen LogP contribution in [0, 0.1) is 0 Å². The Balaban J connectivity index is 2.53. The molecule has 0 aromatic rings. The van der Waals surface area contributed by atoms with Crippen LogP contribution < -0.4 is 10.7 Å². The van der Waals surface area contributed by atoms with Gasteiger partial charge in [0.15, 0.2) is 0 Å². The molecule has 0 aromatic carbocycles. The van der Waals surface area contributed by atoms with Crippen LogP contribution in [0.4, 0.5) is 0 Å². The summed E-state index contributed by atoms with van der Waals surface area (Å²) in [6.07, 6.45) is 2.33. The molecule has 2 N–H and O–H groups in total. The van der Waals surface area contributed by atoms with E-state index in [0.717, 1.165) is 0 Å². The van der Waals surface area contributed by atoms with E-state index in [4.69, 9.17) is 0 Å². The molecule has 1 heterocycles. The third-order valence-electron chi connectivity index (χ3n) is 1.88. The summed E-state index contributed by atoms with van der Waals surface area (Å²) in [5.74, 6) is -0.407. The van der Waals surface area contributed by atoms with Gasteiger partial charge in [0, 0.05) is 18.9 Å². The molecule has 1 rings (SSSR count). The molecule has 0 bridgehead atoms. The zero-order valence-corrected chi connectivity index (χ0v) is 8.04. The first-order valence-electron chi connectivity index (χ1n) is 4.42. The van der Waals surface area contributed by atoms with E-state index in [9.17, 15) is 9.59 Å². The largest absolute Gasteiger partial charge is 0.345 e. The molecule has 0 saturated carbocycles. The van der Waals surface area contributed by atoms with E-state index in [1.165, 1.54) is 0 Å². The second-order valence-corrected chi connectivity index (χ2v) is 3.09. The second-order valence-electron chi connectivity index (χ2n) is 3.09. The average molecular weight is 195 g/mol. The third kappa shape index (κ3) is 2.69. The first kappa shape index (κ1) is 10.4. The van der Waals surface area contributed by atoms with Crippen LogP contribution >= 0.6 is 0 Å². The van der Waals surface area contributed by atoms with Crippen LogP contribution in [0.5, 0.6) is 0 Å². The summed E-state index contributed by atoms with van der Waals surface area (Å²) in [4.78, 5) is 22.2. The van der Waals surface area contributed by atoms with Gasteiger partial charge in [0.1, 0.15) is 5.71 Å². The molecule has 1 unspecified atom stereocenters. The minimum absolute atomic E-state index is 0.0946. The van der Waals surface area contributed by atoms with Gasteiger partial charge in [-0.3, -0.25) is 9.59 Å². The lowest BCUT2D eigenvalue weighted by Crippen LogP contribution is -2.40. The Morgan fingerprint density at radius 1 is 1.71 bits per heavy atom. The molecule has 0 aliphatic carbocycles. The van der Waals surface area contributed by atoms with Gasteiger partial charge in [0.05, 0.1) is 0 Å². The van der Waals surface area contributed by atoms with Crippen LogP contribution in [0.3, 0.4) is 0 Å². The summed E-state index contributed by atoms with van der Waals surface area (Å²) in [7, 11) is 0. The molecule has 0 spiro atoms. The molecule has 0 saturated heterocycles. The minimum Gasteiger partial charge on any atom is -0.345 e. The summed E-state index contributed by atoms with van der Waals surface area (Å²) in [5.41, 5.74) is 2.63. The fraction of sp³-hybridized carbons (Fsp3) is 0.444. The van der Waals surface area contributed by atoms with Crippen LogP contribution in [0.25, 0.3) is 0 Å². The predicted molar refractivity (Wildman–Crippen MR) is 52.6 cm³/mol. The highest BCUT2D eigenvalue weighted by molar-refractivity contribution is 6.39. The Morgan fingerprint density at radius 2 is 2.43 bits per heavy atom. The molecule has 0 fully saturated rings. The monoisotopic (exact) mass is 195 g/mol. The number of hydrazone groups is 1. The highest BCUT2D eigenvalue weighted by Gasteiger charge is 2.18. The van der Waals surface area contributed by atoms with E-state index in [0.29, 0.717) is 18.6 Å². The van der Waals surface area contributed by atoms with Gasteiger partial charge in [-0.1, -0.05) is 6.08 Å². The van der Waals surface area contributed by atoms with E-state index in [1.807, 2.05) is 6.92 Å². The molecule has 14 heavy (non-hydrogen) atoms. The number of nitrogens with one attached hydrogen (secondary N) is 2. The summed E-state index contributed by atoms with van der Waals surface area (Å²) in [6.45, 7) is 5.36. The predicted octanol–water partition coefficient (Wildman–Crippen LogP) is -0.0569. The van der Waals surface area contributed by atoms with Crippen molar-refractivity contribution in [2.75, 3.05) is 0 Å². The average Bonchev–Trinajstić information content (AvgIpc) is 2.18. The molecule has 5 nitrogen and oxygen atoms in total. The highest BCUT2D eigenvalue weighted by atomic mass is 16.2. The topological polar surface area (TPSA) is 70.6 Å².